The lowest BCUT2D eigenvalue weighted by atomic mass is 10.0. The molecule has 2 unspecified atom stereocenters. The molecule has 0 aliphatic heterocycles. The molecule has 9 nitrogen and oxygen atoms in total. The van der Waals surface area contributed by atoms with E-state index in [0.717, 1.165) is 77.0 Å². The summed E-state index contributed by atoms with van der Waals surface area (Å²) >= 11 is 0. The normalized spacial score (nSPS) is 13.3. The molecule has 2 atom stereocenters. The lowest BCUT2D eigenvalue weighted by Crippen LogP contribution is -2.29. The van der Waals surface area contributed by atoms with Gasteiger partial charge in [-0.3, -0.25) is 18.6 Å². The molecule has 10 heteroatoms. The third kappa shape index (κ3) is 68.6. The van der Waals surface area contributed by atoms with Crippen LogP contribution in [0, 0.1) is 0 Å². The first-order chi connectivity index (χ1) is 41.3. The standard InChI is InChI=1S/C74H136NO8P/c1-3-5-7-9-11-13-15-17-19-21-23-25-27-29-31-33-35-37-38-40-42-44-46-48-50-52-54-56-58-60-62-64-66-73(76)80-70-72(71-82-84(78,79)81-69-68-75)83-74(77)67-65-63-61-59-57-55-53-51-49-47-45-43-41-39-36-34-32-30-28-26-24-22-20-18-16-14-12-10-8-6-4-2/h6,8,12,14,18,20,24,26,30,32,36,39,72H,3-5,7,9-11,13,15-17,19,21-23,25,27-29,31,33-35,37-38,40-71,75H2,1-2H3,(H,78,79)/b8-6-,14-12-,20-18-,26-24-,32-30-,39-36-. The Balaban J connectivity index is 3.84. The molecule has 0 fully saturated rings. The number of ether oxygens (including phenoxy) is 2. The van der Waals surface area contributed by atoms with Crippen LogP contribution in [-0.2, 0) is 32.7 Å². The van der Waals surface area contributed by atoms with E-state index in [0.29, 0.717) is 6.42 Å². The van der Waals surface area contributed by atoms with Crippen molar-refractivity contribution < 1.29 is 37.6 Å². The number of phosphoric acid groups is 1. The molecule has 0 saturated heterocycles. The Morgan fingerprint density at radius 2 is 0.655 bits per heavy atom. The van der Waals surface area contributed by atoms with Crippen LogP contribution >= 0.6 is 7.82 Å². The fourth-order valence-electron chi connectivity index (χ4n) is 10.6. The molecule has 490 valence electrons. The van der Waals surface area contributed by atoms with E-state index in [1.807, 2.05) is 0 Å². The molecule has 0 bridgehead atoms. The SMILES string of the molecule is CC/C=C\C/C=C\C/C=C\C/C=C\C/C=C\C/C=C\CCCCCCCCCCCCCCC(=O)OC(COC(=O)CCCCCCCCCCCCCCCCCCCCCCCCCCCCCCCCCC)COP(=O)(O)OCCN. The largest absolute Gasteiger partial charge is 0.472 e. The maximum Gasteiger partial charge on any atom is 0.472 e. The van der Waals surface area contributed by atoms with Crippen LogP contribution in [0.5, 0.6) is 0 Å². The number of hydrogen-bond acceptors (Lipinski definition) is 8. The number of esters is 2. The summed E-state index contributed by atoms with van der Waals surface area (Å²) < 4.78 is 33.2. The maximum absolute atomic E-state index is 12.8. The molecule has 0 aliphatic carbocycles. The summed E-state index contributed by atoms with van der Waals surface area (Å²) in [5.74, 6) is -0.815. The van der Waals surface area contributed by atoms with Crippen molar-refractivity contribution in [2.24, 2.45) is 5.73 Å². The van der Waals surface area contributed by atoms with E-state index in [4.69, 9.17) is 24.3 Å². The lowest BCUT2D eigenvalue weighted by molar-refractivity contribution is -0.161. The molecular formula is C74H136NO8P. The number of rotatable bonds is 68. The average Bonchev–Trinajstić information content (AvgIpc) is 3.58. The molecular weight excluding hydrogens is 1060 g/mol. The van der Waals surface area contributed by atoms with Crippen molar-refractivity contribution in [3.05, 3.63) is 72.9 Å². The summed E-state index contributed by atoms with van der Waals surface area (Å²) in [6, 6.07) is 0. The van der Waals surface area contributed by atoms with E-state index >= 15 is 0 Å². The van der Waals surface area contributed by atoms with Crippen LogP contribution in [0.25, 0.3) is 0 Å². The highest BCUT2D eigenvalue weighted by atomic mass is 31.2. The summed E-state index contributed by atoms with van der Waals surface area (Å²) in [4.78, 5) is 35.4. The zero-order chi connectivity index (χ0) is 60.9. The topological polar surface area (TPSA) is 134 Å². The van der Waals surface area contributed by atoms with Crippen molar-refractivity contribution in [1.82, 2.24) is 0 Å². The van der Waals surface area contributed by atoms with E-state index < -0.39 is 26.5 Å². The minimum atomic E-state index is -4.40. The molecule has 0 radical (unpaired) electrons. The molecule has 0 aromatic carbocycles. The molecule has 84 heavy (non-hydrogen) atoms. The molecule has 0 amide bonds. The molecule has 0 spiro atoms. The Morgan fingerprint density at radius 3 is 0.976 bits per heavy atom. The van der Waals surface area contributed by atoms with Crippen molar-refractivity contribution in [3.8, 4) is 0 Å². The molecule has 0 aliphatic rings. The Kier molecular flexibility index (Phi) is 67.4. The Morgan fingerprint density at radius 1 is 0.369 bits per heavy atom. The van der Waals surface area contributed by atoms with Gasteiger partial charge in [-0.15, -0.1) is 0 Å². The Labute approximate surface area is 520 Å². The number of allylic oxidation sites excluding steroid dienone is 12. The average molecular weight is 1200 g/mol. The van der Waals surface area contributed by atoms with Crippen LogP contribution in [0.3, 0.4) is 0 Å². The van der Waals surface area contributed by atoms with Crippen molar-refractivity contribution in [3.63, 3.8) is 0 Å². The van der Waals surface area contributed by atoms with Gasteiger partial charge in [-0.2, -0.15) is 0 Å². The Bertz CT molecular complexity index is 1610. The van der Waals surface area contributed by atoms with Crippen molar-refractivity contribution in [2.75, 3.05) is 26.4 Å². The van der Waals surface area contributed by atoms with Crippen LogP contribution in [0.1, 0.15) is 354 Å². The van der Waals surface area contributed by atoms with E-state index in [-0.39, 0.29) is 38.6 Å². The maximum atomic E-state index is 12.8. The van der Waals surface area contributed by atoms with Gasteiger partial charge < -0.3 is 20.1 Å². The fourth-order valence-corrected chi connectivity index (χ4v) is 11.4. The molecule has 0 aromatic rings. The lowest BCUT2D eigenvalue weighted by Gasteiger charge is -2.19. The monoisotopic (exact) mass is 1200 g/mol. The number of hydrogen-bond donors (Lipinski definition) is 2. The predicted molar refractivity (Wildman–Crippen MR) is 363 cm³/mol. The van der Waals surface area contributed by atoms with Gasteiger partial charge in [0.05, 0.1) is 13.2 Å². The summed E-state index contributed by atoms with van der Waals surface area (Å²) in [6.45, 7) is 3.69. The molecule has 0 heterocycles. The van der Waals surface area contributed by atoms with Crippen LogP contribution in [-0.4, -0.2) is 49.3 Å². The second-order valence-corrected chi connectivity index (χ2v) is 25.5. The molecule has 0 rings (SSSR count). The highest BCUT2D eigenvalue weighted by Gasteiger charge is 2.26. The van der Waals surface area contributed by atoms with E-state index in [2.05, 4.69) is 86.8 Å². The summed E-state index contributed by atoms with van der Waals surface area (Å²) in [7, 11) is -4.40. The first kappa shape index (κ1) is 81.5. The van der Waals surface area contributed by atoms with Gasteiger partial charge in [0.1, 0.15) is 6.61 Å². The highest BCUT2D eigenvalue weighted by Crippen LogP contribution is 2.43. The van der Waals surface area contributed by atoms with Crippen LogP contribution in [0.2, 0.25) is 0 Å². The highest BCUT2D eigenvalue weighted by molar-refractivity contribution is 7.47. The third-order valence-electron chi connectivity index (χ3n) is 15.9. The first-order valence-corrected chi connectivity index (χ1v) is 37.4. The quantitative estimate of drug-likeness (QED) is 0.0264. The smallest absolute Gasteiger partial charge is 0.462 e. The Hall–Kier alpha value is -2.55. The van der Waals surface area contributed by atoms with Crippen LogP contribution in [0.15, 0.2) is 72.9 Å². The van der Waals surface area contributed by atoms with E-state index in [1.54, 1.807) is 0 Å². The van der Waals surface area contributed by atoms with Gasteiger partial charge in [0, 0.05) is 19.4 Å². The predicted octanol–water partition coefficient (Wildman–Crippen LogP) is 23.6. The summed E-state index contributed by atoms with van der Waals surface area (Å²) in [5.41, 5.74) is 5.40. The van der Waals surface area contributed by atoms with Gasteiger partial charge in [-0.05, 0) is 64.2 Å². The van der Waals surface area contributed by atoms with Gasteiger partial charge in [0.15, 0.2) is 6.10 Å². The van der Waals surface area contributed by atoms with Gasteiger partial charge in [-0.1, -0.05) is 350 Å². The first-order valence-electron chi connectivity index (χ1n) is 35.9. The minimum Gasteiger partial charge on any atom is -0.462 e. The second kappa shape index (κ2) is 69.5. The zero-order valence-corrected chi connectivity index (χ0v) is 56.0. The van der Waals surface area contributed by atoms with Gasteiger partial charge in [-0.25, -0.2) is 4.57 Å². The number of nitrogens with two attached hydrogens (primary N) is 1. The minimum absolute atomic E-state index is 0.0526. The molecule has 0 aromatic heterocycles. The summed E-state index contributed by atoms with van der Waals surface area (Å²) in [6.07, 6.45) is 91.5. The van der Waals surface area contributed by atoms with Crippen molar-refractivity contribution in [2.45, 2.75) is 360 Å². The fraction of sp³-hybridized carbons (Fsp3) is 0.811. The van der Waals surface area contributed by atoms with E-state index in [1.165, 1.54) is 244 Å². The number of carbonyl (C=O) groups is 2. The number of carbonyl (C=O) groups excluding carboxylic acids is 2. The summed E-state index contributed by atoms with van der Waals surface area (Å²) in [5, 5.41) is 0. The molecule has 3 N–H and O–H groups in total. The van der Waals surface area contributed by atoms with E-state index in [9.17, 15) is 19.0 Å². The molecule has 0 saturated carbocycles. The van der Waals surface area contributed by atoms with Gasteiger partial charge in [0.2, 0.25) is 0 Å². The second-order valence-electron chi connectivity index (χ2n) is 24.1. The van der Waals surface area contributed by atoms with Crippen LogP contribution in [0.4, 0.5) is 0 Å². The zero-order valence-electron chi connectivity index (χ0n) is 55.1. The third-order valence-corrected chi connectivity index (χ3v) is 16.8. The van der Waals surface area contributed by atoms with Crippen LogP contribution < -0.4 is 5.73 Å². The van der Waals surface area contributed by atoms with Gasteiger partial charge in [0.25, 0.3) is 0 Å². The number of phosphoric ester groups is 1. The van der Waals surface area contributed by atoms with Crippen molar-refractivity contribution in [1.29, 1.82) is 0 Å². The van der Waals surface area contributed by atoms with Crippen molar-refractivity contribution >= 4 is 19.8 Å². The number of unbranched alkanes of at least 4 members (excludes halogenated alkanes) is 43. The van der Waals surface area contributed by atoms with Gasteiger partial charge >= 0.3 is 19.8 Å².